The molecule has 3 nitrogen and oxygen atoms in total. The summed E-state index contributed by atoms with van der Waals surface area (Å²) in [7, 11) is 0. The van der Waals surface area contributed by atoms with Crippen LogP contribution in [0.1, 0.15) is 16.7 Å². The van der Waals surface area contributed by atoms with Gasteiger partial charge in [0.25, 0.3) is 5.56 Å². The van der Waals surface area contributed by atoms with Crippen molar-refractivity contribution in [2.24, 2.45) is 0 Å². The Balaban J connectivity index is 2.28. The lowest BCUT2D eigenvalue weighted by molar-refractivity contribution is 1.21. The molecule has 3 rings (SSSR count). The summed E-state index contributed by atoms with van der Waals surface area (Å²) < 4.78 is 0. The van der Waals surface area contributed by atoms with Crippen LogP contribution in [0.15, 0.2) is 53.3 Å². The number of aromatic nitrogens is 1. The van der Waals surface area contributed by atoms with Crippen LogP contribution in [0.5, 0.6) is 0 Å². The Hall–Kier alpha value is -2.83. The van der Waals surface area contributed by atoms with Gasteiger partial charge in [0.15, 0.2) is 0 Å². The quantitative estimate of drug-likeness (QED) is 0.728. The van der Waals surface area contributed by atoms with E-state index in [0.29, 0.717) is 16.3 Å². The molecule has 1 aromatic heterocycles. The van der Waals surface area contributed by atoms with E-state index in [1.54, 1.807) is 12.1 Å². The van der Waals surface area contributed by atoms with E-state index in [4.69, 9.17) is 11.6 Å². The number of nitrogens with zero attached hydrogens (tertiary/aromatic N) is 1. The van der Waals surface area contributed by atoms with E-state index in [2.05, 4.69) is 4.98 Å². The minimum Gasteiger partial charge on any atom is -0.321 e. The van der Waals surface area contributed by atoms with Gasteiger partial charge in [0.05, 0.1) is 0 Å². The zero-order valence-electron chi connectivity index (χ0n) is 13.4. The van der Waals surface area contributed by atoms with Crippen LogP contribution < -0.4 is 5.56 Å². The van der Waals surface area contributed by atoms with Crippen LogP contribution in [0, 0.1) is 25.2 Å². The molecule has 0 fully saturated rings. The van der Waals surface area contributed by atoms with Gasteiger partial charge in [-0.15, -0.1) is 0 Å². The Labute approximate surface area is 145 Å². The molecular weight excluding hydrogens is 320 g/mol. The van der Waals surface area contributed by atoms with Crippen LogP contribution in [-0.2, 0) is 0 Å². The highest BCUT2D eigenvalue weighted by Gasteiger charge is 2.13. The molecule has 3 aromatic rings. The second kappa shape index (κ2) is 6.35. The summed E-state index contributed by atoms with van der Waals surface area (Å²) in [6.45, 7) is 4.00. The Bertz CT molecular complexity index is 1010. The molecule has 0 aliphatic rings. The predicted molar refractivity (Wildman–Crippen MR) is 97.1 cm³/mol. The average Bonchev–Trinajstić information content (AvgIpc) is 2.57. The fraction of sp³-hybridized carbons (Fsp3) is 0.100. The Morgan fingerprint density at radius 3 is 2.38 bits per heavy atom. The first kappa shape index (κ1) is 16.0. The number of nitrogens with one attached hydrogen (secondary N) is 1. The molecule has 0 atom stereocenters. The molecule has 24 heavy (non-hydrogen) atoms. The van der Waals surface area contributed by atoms with Crippen molar-refractivity contribution in [3.05, 3.63) is 80.6 Å². The Morgan fingerprint density at radius 2 is 1.71 bits per heavy atom. The van der Waals surface area contributed by atoms with Crippen molar-refractivity contribution >= 4 is 11.6 Å². The van der Waals surface area contributed by atoms with Gasteiger partial charge in [-0.25, -0.2) is 0 Å². The first-order valence-electron chi connectivity index (χ1n) is 7.50. The third-order valence-corrected chi connectivity index (χ3v) is 4.24. The van der Waals surface area contributed by atoms with Crippen LogP contribution in [-0.4, -0.2) is 4.98 Å². The number of H-pyrrole nitrogens is 1. The highest BCUT2D eigenvalue weighted by molar-refractivity contribution is 6.30. The smallest absolute Gasteiger partial charge is 0.266 e. The monoisotopic (exact) mass is 334 g/mol. The lowest BCUT2D eigenvalue weighted by atomic mass is 9.97. The van der Waals surface area contributed by atoms with Gasteiger partial charge >= 0.3 is 0 Å². The lowest BCUT2D eigenvalue weighted by Crippen LogP contribution is -2.13. The van der Waals surface area contributed by atoms with Crippen LogP contribution in [0.2, 0.25) is 5.02 Å². The van der Waals surface area contributed by atoms with E-state index in [1.807, 2.05) is 56.3 Å². The molecule has 2 aromatic carbocycles. The van der Waals surface area contributed by atoms with E-state index in [-0.39, 0.29) is 11.1 Å². The summed E-state index contributed by atoms with van der Waals surface area (Å²) in [5.74, 6) is 0. The molecule has 0 amide bonds. The minimum atomic E-state index is -0.388. The summed E-state index contributed by atoms with van der Waals surface area (Å²) in [4.78, 5) is 15.2. The molecule has 0 unspecified atom stereocenters. The van der Waals surface area contributed by atoms with Gasteiger partial charge in [-0.1, -0.05) is 41.4 Å². The van der Waals surface area contributed by atoms with Gasteiger partial charge in [-0.3, -0.25) is 4.79 Å². The third-order valence-electron chi connectivity index (χ3n) is 3.98. The number of pyridine rings is 1. The SMILES string of the molecule is Cc1ccc(C)c(-c2cc(-c3ccc(Cl)cc3)c(C#N)c(=O)[nH]2)c1. The molecule has 0 aliphatic carbocycles. The van der Waals surface area contributed by atoms with Crippen molar-refractivity contribution in [3.63, 3.8) is 0 Å². The first-order valence-corrected chi connectivity index (χ1v) is 7.88. The minimum absolute atomic E-state index is 0.103. The third kappa shape index (κ3) is 2.97. The van der Waals surface area contributed by atoms with Crippen molar-refractivity contribution in [2.45, 2.75) is 13.8 Å². The number of rotatable bonds is 2. The van der Waals surface area contributed by atoms with E-state index in [1.165, 1.54) is 0 Å². The second-order valence-corrected chi connectivity index (χ2v) is 6.17. The zero-order chi connectivity index (χ0) is 17.3. The standard InChI is InChI=1S/C20H15ClN2O/c1-12-3-4-13(2)16(9-12)19-10-17(18(11-22)20(24)23-19)14-5-7-15(21)8-6-14/h3-10H,1-2H3,(H,23,24). The molecule has 4 heteroatoms. The van der Waals surface area contributed by atoms with Gasteiger partial charge in [0, 0.05) is 21.8 Å². The van der Waals surface area contributed by atoms with Crippen LogP contribution in [0.4, 0.5) is 0 Å². The molecule has 0 spiro atoms. The molecule has 1 N–H and O–H groups in total. The van der Waals surface area contributed by atoms with Crippen LogP contribution in [0.3, 0.4) is 0 Å². The molecule has 0 radical (unpaired) electrons. The maximum Gasteiger partial charge on any atom is 0.266 e. The molecule has 118 valence electrons. The lowest BCUT2D eigenvalue weighted by Gasteiger charge is -2.11. The summed E-state index contributed by atoms with van der Waals surface area (Å²) >= 11 is 5.94. The van der Waals surface area contributed by atoms with Crippen molar-refractivity contribution < 1.29 is 0 Å². The molecule has 0 bridgehead atoms. The number of benzene rings is 2. The second-order valence-electron chi connectivity index (χ2n) is 5.74. The van der Waals surface area contributed by atoms with E-state index < -0.39 is 0 Å². The van der Waals surface area contributed by atoms with Crippen LogP contribution >= 0.6 is 11.6 Å². The van der Waals surface area contributed by atoms with Gasteiger partial charge < -0.3 is 4.98 Å². The fourth-order valence-corrected chi connectivity index (χ4v) is 2.82. The fourth-order valence-electron chi connectivity index (χ4n) is 2.70. The first-order chi connectivity index (χ1) is 11.5. The zero-order valence-corrected chi connectivity index (χ0v) is 14.1. The molecule has 0 aliphatic heterocycles. The Kier molecular flexibility index (Phi) is 4.24. The number of aryl methyl sites for hydroxylation is 2. The van der Waals surface area contributed by atoms with Crippen molar-refractivity contribution in [2.75, 3.05) is 0 Å². The van der Waals surface area contributed by atoms with Gasteiger partial charge in [-0.2, -0.15) is 5.26 Å². The summed E-state index contributed by atoms with van der Waals surface area (Å²) in [5.41, 5.74) is 4.92. The number of hydrogen-bond donors (Lipinski definition) is 1. The van der Waals surface area contributed by atoms with Gasteiger partial charge in [-0.05, 0) is 49.2 Å². The van der Waals surface area contributed by atoms with Crippen molar-refractivity contribution in [3.8, 4) is 28.5 Å². The Morgan fingerprint density at radius 1 is 1.00 bits per heavy atom. The number of hydrogen-bond acceptors (Lipinski definition) is 2. The molecule has 0 saturated heterocycles. The average molecular weight is 335 g/mol. The normalized spacial score (nSPS) is 10.4. The molecule has 0 saturated carbocycles. The summed E-state index contributed by atoms with van der Waals surface area (Å²) in [6, 6.07) is 17.0. The van der Waals surface area contributed by atoms with E-state index in [9.17, 15) is 10.1 Å². The van der Waals surface area contributed by atoms with Crippen LogP contribution in [0.25, 0.3) is 22.4 Å². The summed E-state index contributed by atoms with van der Waals surface area (Å²) in [5, 5.41) is 9.99. The predicted octanol–water partition coefficient (Wildman–Crippen LogP) is 4.85. The van der Waals surface area contributed by atoms with Gasteiger partial charge in [0.2, 0.25) is 0 Å². The largest absolute Gasteiger partial charge is 0.321 e. The van der Waals surface area contributed by atoms with Crippen molar-refractivity contribution in [1.82, 2.24) is 4.98 Å². The molecule has 1 heterocycles. The number of nitriles is 1. The topological polar surface area (TPSA) is 56.6 Å². The van der Waals surface area contributed by atoms with Crippen molar-refractivity contribution in [1.29, 1.82) is 5.26 Å². The highest BCUT2D eigenvalue weighted by atomic mass is 35.5. The maximum atomic E-state index is 12.4. The van der Waals surface area contributed by atoms with Gasteiger partial charge in [0.1, 0.15) is 11.6 Å². The van der Waals surface area contributed by atoms with E-state index in [0.717, 1.165) is 22.3 Å². The maximum absolute atomic E-state index is 12.4. The number of halogens is 1. The highest BCUT2D eigenvalue weighted by Crippen LogP contribution is 2.29. The van der Waals surface area contributed by atoms with E-state index >= 15 is 0 Å². The number of aromatic amines is 1. The summed E-state index contributed by atoms with van der Waals surface area (Å²) in [6.07, 6.45) is 0. The molecular formula is C20H15ClN2O.